The van der Waals surface area contributed by atoms with Crippen molar-refractivity contribution in [1.82, 2.24) is 0 Å². The largest absolute Gasteiger partial charge is 0.508 e. The summed E-state index contributed by atoms with van der Waals surface area (Å²) < 4.78 is 0. The van der Waals surface area contributed by atoms with Crippen molar-refractivity contribution in [1.29, 1.82) is 0 Å². The van der Waals surface area contributed by atoms with Crippen LogP contribution in [-0.2, 0) is 0 Å². The van der Waals surface area contributed by atoms with Gasteiger partial charge in [0.05, 0.1) is 0 Å². The Bertz CT molecular complexity index is 992. The van der Waals surface area contributed by atoms with Crippen LogP contribution in [-0.4, -0.2) is 21.6 Å². The third-order valence-electron chi connectivity index (χ3n) is 7.14. The highest BCUT2D eigenvalue weighted by molar-refractivity contribution is 7.80. The molecule has 4 nitrogen and oxygen atoms in total. The highest BCUT2D eigenvalue weighted by atomic mass is 32.1. The molecular weight excluding hydrogens is 402 g/mol. The van der Waals surface area contributed by atoms with Crippen LogP contribution in [0.25, 0.3) is 0 Å². The van der Waals surface area contributed by atoms with Crippen molar-refractivity contribution >= 4 is 34.5 Å². The number of amidine groups is 1. The summed E-state index contributed by atoms with van der Waals surface area (Å²) in [5.41, 5.74) is 4.52. The first-order valence-electron chi connectivity index (χ1n) is 11.2. The van der Waals surface area contributed by atoms with E-state index >= 15 is 0 Å². The quantitative estimate of drug-likeness (QED) is 0.522. The number of aliphatic imine (C=N–C) groups is 1. The molecule has 0 radical (unpaired) electrons. The van der Waals surface area contributed by atoms with Gasteiger partial charge in [-0.1, -0.05) is 39.0 Å². The first kappa shape index (κ1) is 21.8. The lowest BCUT2D eigenvalue weighted by molar-refractivity contribution is 0.158. The monoisotopic (exact) mass is 435 g/mol. The van der Waals surface area contributed by atoms with Crippen LogP contribution in [0.15, 0.2) is 47.5 Å². The van der Waals surface area contributed by atoms with E-state index in [1.807, 2.05) is 12.1 Å². The Morgan fingerprint density at radius 2 is 1.61 bits per heavy atom. The standard InChI is InChI=1S/C26H33N3OS/c1-17-7-6-8-18(2)22(17)27-23-26(15-13-19(14-16-26)25(3,4)5)29(24(31)28-23)20-9-11-21(30)12-10-20/h6-12,19,30H,13-16H2,1-5H3,(H,27,28,31). The van der Waals surface area contributed by atoms with Gasteiger partial charge < -0.3 is 15.3 Å². The molecule has 2 aromatic rings. The highest BCUT2D eigenvalue weighted by Gasteiger charge is 2.51. The molecule has 0 unspecified atom stereocenters. The van der Waals surface area contributed by atoms with Gasteiger partial charge in [0.25, 0.3) is 0 Å². The van der Waals surface area contributed by atoms with Crippen LogP contribution in [0.4, 0.5) is 11.4 Å². The minimum absolute atomic E-state index is 0.258. The molecule has 0 bridgehead atoms. The maximum atomic E-state index is 9.81. The molecule has 31 heavy (non-hydrogen) atoms. The van der Waals surface area contributed by atoms with Gasteiger partial charge in [-0.2, -0.15) is 0 Å². The maximum absolute atomic E-state index is 9.81. The third-order valence-corrected chi connectivity index (χ3v) is 7.41. The molecular formula is C26H33N3OS. The van der Waals surface area contributed by atoms with E-state index in [2.05, 4.69) is 63.0 Å². The number of nitrogens with zero attached hydrogens (tertiary/aromatic N) is 2. The van der Waals surface area contributed by atoms with E-state index in [1.54, 1.807) is 12.1 Å². The topological polar surface area (TPSA) is 47.9 Å². The fourth-order valence-electron chi connectivity index (χ4n) is 5.19. The number of anilines is 2. The molecule has 2 aliphatic rings. The lowest BCUT2D eigenvalue weighted by Crippen LogP contribution is -2.56. The summed E-state index contributed by atoms with van der Waals surface area (Å²) in [5.74, 6) is 1.89. The van der Waals surface area contributed by atoms with Crippen molar-refractivity contribution in [2.24, 2.45) is 16.3 Å². The molecule has 1 fully saturated rings. The van der Waals surface area contributed by atoms with E-state index in [0.717, 1.165) is 42.9 Å². The summed E-state index contributed by atoms with van der Waals surface area (Å²) in [7, 11) is 0. The molecule has 0 amide bonds. The fraction of sp³-hybridized carbons (Fsp3) is 0.462. The Morgan fingerprint density at radius 1 is 1.03 bits per heavy atom. The summed E-state index contributed by atoms with van der Waals surface area (Å²) >= 11 is 5.81. The maximum Gasteiger partial charge on any atom is 0.202 e. The molecule has 1 heterocycles. The predicted octanol–water partition coefficient (Wildman–Crippen LogP) is 6.60. The van der Waals surface area contributed by atoms with E-state index in [9.17, 15) is 5.11 Å². The Labute approximate surface area is 191 Å². The molecule has 1 aliphatic heterocycles. The average molecular weight is 436 g/mol. The number of phenolic OH excluding ortho intramolecular Hbond substituents is 1. The van der Waals surface area contributed by atoms with Crippen molar-refractivity contribution in [2.45, 2.75) is 65.8 Å². The van der Waals surface area contributed by atoms with Gasteiger partial charge in [0.15, 0.2) is 0 Å². The zero-order valence-electron chi connectivity index (χ0n) is 19.2. The van der Waals surface area contributed by atoms with Gasteiger partial charge in [-0.3, -0.25) is 0 Å². The van der Waals surface area contributed by atoms with Gasteiger partial charge in [-0.15, -0.1) is 0 Å². The number of rotatable bonds is 2. The van der Waals surface area contributed by atoms with Crippen molar-refractivity contribution < 1.29 is 5.11 Å². The lowest BCUT2D eigenvalue weighted by atomic mass is 9.66. The number of phenols is 1. The molecule has 0 aromatic heterocycles. The average Bonchev–Trinajstić information content (AvgIpc) is 2.96. The van der Waals surface area contributed by atoms with E-state index < -0.39 is 0 Å². The summed E-state index contributed by atoms with van der Waals surface area (Å²) in [5, 5.41) is 14.1. The van der Waals surface area contributed by atoms with Crippen LogP contribution >= 0.6 is 12.2 Å². The van der Waals surface area contributed by atoms with E-state index in [1.165, 1.54) is 11.1 Å². The minimum Gasteiger partial charge on any atom is -0.508 e. The molecule has 1 saturated carbocycles. The van der Waals surface area contributed by atoms with Crippen molar-refractivity contribution in [2.75, 3.05) is 10.2 Å². The number of hydrogen-bond acceptors (Lipinski definition) is 3. The second-order valence-corrected chi connectivity index (χ2v) is 10.5. The first-order chi connectivity index (χ1) is 14.6. The number of aryl methyl sites for hydroxylation is 2. The minimum atomic E-state index is -0.287. The second kappa shape index (κ2) is 7.94. The summed E-state index contributed by atoms with van der Waals surface area (Å²) in [6.45, 7) is 11.3. The molecule has 1 aliphatic carbocycles. The van der Waals surface area contributed by atoms with E-state index in [0.29, 0.717) is 16.4 Å². The van der Waals surface area contributed by atoms with Crippen LogP contribution < -0.4 is 10.2 Å². The van der Waals surface area contributed by atoms with Crippen LogP contribution in [0.1, 0.15) is 57.6 Å². The smallest absolute Gasteiger partial charge is 0.202 e. The van der Waals surface area contributed by atoms with Gasteiger partial charge >= 0.3 is 0 Å². The van der Waals surface area contributed by atoms with E-state index in [-0.39, 0.29) is 11.3 Å². The highest BCUT2D eigenvalue weighted by Crippen LogP contribution is 2.48. The molecule has 5 heteroatoms. The van der Waals surface area contributed by atoms with Gasteiger partial charge in [-0.05, 0) is 98.5 Å². The Kier molecular flexibility index (Phi) is 5.59. The number of aromatic hydroxyl groups is 1. The molecule has 0 saturated heterocycles. The van der Waals surface area contributed by atoms with Gasteiger partial charge in [-0.25, -0.2) is 4.99 Å². The van der Waals surface area contributed by atoms with Crippen LogP contribution in [0.5, 0.6) is 5.75 Å². The van der Waals surface area contributed by atoms with Gasteiger partial charge in [0.2, 0.25) is 5.11 Å². The van der Waals surface area contributed by atoms with E-state index in [4.69, 9.17) is 17.2 Å². The zero-order valence-corrected chi connectivity index (χ0v) is 20.0. The Hall–Kier alpha value is -2.40. The SMILES string of the molecule is Cc1cccc(C)c1NC1=NC(=S)N(c2ccc(O)cc2)C12CCC(C(C)(C)C)CC2. The normalized spacial score (nSPS) is 23.9. The van der Waals surface area contributed by atoms with Gasteiger partial charge in [0.1, 0.15) is 17.1 Å². The number of hydrogen-bond donors (Lipinski definition) is 2. The first-order valence-corrected chi connectivity index (χ1v) is 11.6. The fourth-order valence-corrected chi connectivity index (χ4v) is 5.57. The Morgan fingerprint density at radius 3 is 2.16 bits per heavy atom. The summed E-state index contributed by atoms with van der Waals surface area (Å²) in [6.07, 6.45) is 4.25. The molecule has 0 atom stereocenters. The van der Waals surface area contributed by atoms with Crippen LogP contribution in [0, 0.1) is 25.2 Å². The number of thiocarbonyl (C=S) groups is 1. The Balaban J connectivity index is 1.74. The molecule has 1 spiro atoms. The van der Waals surface area contributed by atoms with Crippen LogP contribution in [0.2, 0.25) is 0 Å². The summed E-state index contributed by atoms with van der Waals surface area (Å²) in [4.78, 5) is 7.13. The molecule has 164 valence electrons. The van der Waals surface area contributed by atoms with Crippen molar-refractivity contribution in [3.8, 4) is 5.75 Å². The number of nitrogens with one attached hydrogen (secondary N) is 1. The third kappa shape index (κ3) is 3.96. The summed E-state index contributed by atoms with van der Waals surface area (Å²) in [6, 6.07) is 13.7. The lowest BCUT2D eigenvalue weighted by Gasteiger charge is -2.47. The zero-order chi connectivity index (χ0) is 22.4. The van der Waals surface area contributed by atoms with Crippen molar-refractivity contribution in [3.05, 3.63) is 53.6 Å². The number of para-hydroxylation sites is 1. The molecule has 2 N–H and O–H groups in total. The van der Waals surface area contributed by atoms with Gasteiger partial charge in [0, 0.05) is 11.4 Å². The van der Waals surface area contributed by atoms with Crippen LogP contribution in [0.3, 0.4) is 0 Å². The second-order valence-electron chi connectivity index (χ2n) is 10.2. The molecule has 4 rings (SSSR count). The molecule has 2 aromatic carbocycles. The van der Waals surface area contributed by atoms with Crippen molar-refractivity contribution in [3.63, 3.8) is 0 Å². The number of benzene rings is 2. The predicted molar refractivity (Wildman–Crippen MR) is 134 cm³/mol.